The van der Waals surface area contributed by atoms with Crippen LogP contribution in [0, 0.1) is 5.82 Å². The summed E-state index contributed by atoms with van der Waals surface area (Å²) in [4.78, 5) is 26.4. The Morgan fingerprint density at radius 2 is 1.79 bits per heavy atom. The predicted octanol–water partition coefficient (Wildman–Crippen LogP) is 6.30. The van der Waals surface area contributed by atoms with Gasteiger partial charge in [0.25, 0.3) is 11.1 Å². The van der Waals surface area contributed by atoms with Crippen molar-refractivity contribution in [2.45, 2.75) is 13.2 Å². The van der Waals surface area contributed by atoms with Crippen LogP contribution in [0.15, 0.2) is 71.6 Å². The molecular formula is C25H19ClFNO4S. The summed E-state index contributed by atoms with van der Waals surface area (Å²) in [5.74, 6) is 0.107. The summed E-state index contributed by atoms with van der Waals surface area (Å²) in [6.07, 6.45) is 1.61. The van der Waals surface area contributed by atoms with Gasteiger partial charge in [0, 0.05) is 10.6 Å². The zero-order valence-electron chi connectivity index (χ0n) is 17.6. The van der Waals surface area contributed by atoms with E-state index in [1.807, 2.05) is 12.1 Å². The molecule has 1 saturated heterocycles. The molecule has 0 unspecified atom stereocenters. The molecule has 168 valence electrons. The smallest absolute Gasteiger partial charge is 0.293 e. The van der Waals surface area contributed by atoms with Crippen LogP contribution in [-0.2, 0) is 17.9 Å². The highest BCUT2D eigenvalue weighted by molar-refractivity contribution is 8.18. The second kappa shape index (κ2) is 10.1. The first kappa shape index (κ1) is 22.9. The van der Waals surface area contributed by atoms with Gasteiger partial charge in [0.15, 0.2) is 11.5 Å². The van der Waals surface area contributed by atoms with Crippen LogP contribution < -0.4 is 9.47 Å². The summed E-state index contributed by atoms with van der Waals surface area (Å²) in [6, 6.07) is 18.6. The fourth-order valence-corrected chi connectivity index (χ4v) is 4.18. The molecule has 2 amide bonds. The number of ether oxygens (including phenoxy) is 2. The van der Waals surface area contributed by atoms with Gasteiger partial charge in [0.1, 0.15) is 12.4 Å². The molecule has 0 bridgehead atoms. The maximum Gasteiger partial charge on any atom is 0.293 e. The summed E-state index contributed by atoms with van der Waals surface area (Å²) in [5, 5.41) is 0.211. The number of carbonyl (C=O) groups excluding carboxylic acids is 2. The van der Waals surface area contributed by atoms with E-state index >= 15 is 0 Å². The molecule has 3 aromatic rings. The topological polar surface area (TPSA) is 55.8 Å². The zero-order valence-corrected chi connectivity index (χ0v) is 19.2. The van der Waals surface area contributed by atoms with Gasteiger partial charge in [0.05, 0.1) is 18.6 Å². The van der Waals surface area contributed by atoms with Crippen LogP contribution in [0.3, 0.4) is 0 Å². The first-order valence-corrected chi connectivity index (χ1v) is 11.2. The van der Waals surface area contributed by atoms with Crippen molar-refractivity contribution < 1.29 is 23.5 Å². The lowest BCUT2D eigenvalue weighted by molar-refractivity contribution is -0.123. The van der Waals surface area contributed by atoms with E-state index in [1.165, 1.54) is 13.2 Å². The average Bonchev–Trinajstić information content (AvgIpc) is 3.07. The van der Waals surface area contributed by atoms with Crippen molar-refractivity contribution in [2.24, 2.45) is 0 Å². The summed E-state index contributed by atoms with van der Waals surface area (Å²) in [6.45, 7) is 0.220. The Morgan fingerprint density at radius 3 is 2.52 bits per heavy atom. The van der Waals surface area contributed by atoms with Gasteiger partial charge in [0.2, 0.25) is 0 Å². The molecule has 33 heavy (non-hydrogen) atoms. The van der Waals surface area contributed by atoms with E-state index in [-0.39, 0.29) is 17.0 Å². The lowest BCUT2D eigenvalue weighted by Gasteiger charge is -2.13. The van der Waals surface area contributed by atoms with E-state index in [1.54, 1.807) is 54.6 Å². The largest absolute Gasteiger partial charge is 0.493 e. The molecule has 0 radical (unpaired) electrons. The summed E-state index contributed by atoms with van der Waals surface area (Å²) >= 11 is 6.73. The maximum atomic E-state index is 13.9. The molecule has 8 heteroatoms. The number of halogens is 2. The van der Waals surface area contributed by atoms with Crippen LogP contribution >= 0.6 is 23.4 Å². The van der Waals surface area contributed by atoms with Crippen LogP contribution in [0.1, 0.15) is 16.7 Å². The SMILES string of the molecule is COc1cc(/C=C2\SC(=O)N(Cc3ccccc3F)C2=O)ccc1OCc1ccc(Cl)cc1. The third kappa shape index (κ3) is 5.38. The van der Waals surface area contributed by atoms with E-state index in [0.29, 0.717) is 28.7 Å². The minimum Gasteiger partial charge on any atom is -0.493 e. The zero-order chi connectivity index (χ0) is 23.4. The van der Waals surface area contributed by atoms with Crippen LogP contribution in [0.5, 0.6) is 11.5 Å². The van der Waals surface area contributed by atoms with E-state index in [2.05, 4.69) is 0 Å². The first-order valence-electron chi connectivity index (χ1n) is 9.98. The molecule has 0 spiro atoms. The molecule has 0 aliphatic carbocycles. The number of imide groups is 1. The standard InChI is InChI=1S/C25H19ClFNO4S/c1-31-22-12-17(8-11-21(22)32-15-16-6-9-19(26)10-7-16)13-23-24(29)28(25(30)33-23)14-18-4-2-3-5-20(18)27/h2-13H,14-15H2,1H3/b23-13-. The number of carbonyl (C=O) groups is 2. The Kier molecular flexibility index (Phi) is 7.01. The van der Waals surface area contributed by atoms with Crippen molar-refractivity contribution in [2.75, 3.05) is 7.11 Å². The first-order chi connectivity index (χ1) is 15.9. The predicted molar refractivity (Wildman–Crippen MR) is 127 cm³/mol. The second-order valence-electron chi connectivity index (χ2n) is 7.18. The van der Waals surface area contributed by atoms with Crippen LogP contribution in [0.2, 0.25) is 5.02 Å². The Morgan fingerprint density at radius 1 is 1.03 bits per heavy atom. The van der Waals surface area contributed by atoms with Crippen molar-refractivity contribution in [1.29, 1.82) is 0 Å². The van der Waals surface area contributed by atoms with Crippen molar-refractivity contribution >= 4 is 40.6 Å². The van der Waals surface area contributed by atoms with E-state index < -0.39 is 17.0 Å². The van der Waals surface area contributed by atoms with Gasteiger partial charge in [-0.1, -0.05) is 48.0 Å². The summed E-state index contributed by atoms with van der Waals surface area (Å²) in [5.41, 5.74) is 1.90. The molecule has 0 aromatic heterocycles. The fourth-order valence-electron chi connectivity index (χ4n) is 3.22. The number of benzene rings is 3. The summed E-state index contributed by atoms with van der Waals surface area (Å²) < 4.78 is 25.2. The molecule has 1 aliphatic heterocycles. The van der Waals surface area contributed by atoms with E-state index in [9.17, 15) is 14.0 Å². The summed E-state index contributed by atoms with van der Waals surface area (Å²) in [7, 11) is 1.52. The number of rotatable bonds is 7. The maximum absolute atomic E-state index is 13.9. The highest BCUT2D eigenvalue weighted by Crippen LogP contribution is 2.35. The molecule has 0 atom stereocenters. The molecule has 4 rings (SSSR count). The van der Waals surface area contributed by atoms with Gasteiger partial charge in [-0.2, -0.15) is 0 Å². The van der Waals surface area contributed by atoms with E-state index in [4.69, 9.17) is 21.1 Å². The van der Waals surface area contributed by atoms with Gasteiger partial charge in [-0.25, -0.2) is 4.39 Å². The molecular weight excluding hydrogens is 465 g/mol. The Bertz CT molecular complexity index is 1230. The van der Waals surface area contributed by atoms with Gasteiger partial charge in [-0.3, -0.25) is 14.5 Å². The number of hydrogen-bond donors (Lipinski definition) is 0. The Labute approximate surface area is 199 Å². The number of thioether (sulfide) groups is 1. The van der Waals surface area contributed by atoms with E-state index in [0.717, 1.165) is 22.2 Å². The molecule has 1 fully saturated rings. The van der Waals surface area contributed by atoms with Gasteiger partial charge in [-0.15, -0.1) is 0 Å². The van der Waals surface area contributed by atoms with Crippen LogP contribution in [0.4, 0.5) is 9.18 Å². The molecule has 0 saturated carbocycles. The minimum absolute atomic E-state index is 0.116. The average molecular weight is 484 g/mol. The number of hydrogen-bond acceptors (Lipinski definition) is 5. The molecule has 3 aromatic carbocycles. The third-order valence-electron chi connectivity index (χ3n) is 4.95. The highest BCUT2D eigenvalue weighted by Gasteiger charge is 2.35. The van der Waals surface area contributed by atoms with Gasteiger partial charge in [-0.05, 0) is 59.3 Å². The molecule has 1 heterocycles. The molecule has 0 N–H and O–H groups in total. The molecule has 1 aliphatic rings. The lowest BCUT2D eigenvalue weighted by Crippen LogP contribution is -2.27. The minimum atomic E-state index is -0.463. The van der Waals surface area contributed by atoms with Crippen molar-refractivity contribution in [1.82, 2.24) is 4.90 Å². The van der Waals surface area contributed by atoms with Gasteiger partial charge >= 0.3 is 0 Å². The number of methoxy groups -OCH3 is 1. The molecule has 5 nitrogen and oxygen atoms in total. The van der Waals surface area contributed by atoms with Crippen molar-refractivity contribution in [3.63, 3.8) is 0 Å². The number of nitrogens with zero attached hydrogens (tertiary/aromatic N) is 1. The Balaban J connectivity index is 1.49. The quantitative estimate of drug-likeness (QED) is 0.369. The Hall–Kier alpha value is -3.29. The fraction of sp³-hybridized carbons (Fsp3) is 0.120. The second-order valence-corrected chi connectivity index (χ2v) is 8.61. The monoisotopic (exact) mass is 483 g/mol. The van der Waals surface area contributed by atoms with Crippen molar-refractivity contribution in [3.05, 3.63) is 99.2 Å². The normalized spacial score (nSPS) is 14.8. The third-order valence-corrected chi connectivity index (χ3v) is 6.11. The highest BCUT2D eigenvalue weighted by atomic mass is 35.5. The van der Waals surface area contributed by atoms with Gasteiger partial charge < -0.3 is 9.47 Å². The van der Waals surface area contributed by atoms with Crippen molar-refractivity contribution in [3.8, 4) is 11.5 Å². The van der Waals surface area contributed by atoms with Crippen LogP contribution in [0.25, 0.3) is 6.08 Å². The van der Waals surface area contributed by atoms with Crippen LogP contribution in [-0.4, -0.2) is 23.2 Å². The lowest BCUT2D eigenvalue weighted by atomic mass is 10.1. The number of amides is 2.